The molecule has 5 heterocycles. The number of hydrogen-bond donors (Lipinski definition) is 1. The molecule has 2 unspecified atom stereocenters. The lowest BCUT2D eigenvalue weighted by Crippen LogP contribution is -2.36. The van der Waals surface area contributed by atoms with Crippen LogP contribution in [-0.4, -0.2) is 50.0 Å². The minimum atomic E-state index is -0.0359. The molecule has 1 aliphatic heterocycles. The summed E-state index contributed by atoms with van der Waals surface area (Å²) < 4.78 is 15.2. The molecule has 0 amide bonds. The third-order valence-electron chi connectivity index (χ3n) is 7.54. The van der Waals surface area contributed by atoms with Gasteiger partial charge in [-0.15, -0.1) is 0 Å². The van der Waals surface area contributed by atoms with Crippen LogP contribution < -0.4 is 5.69 Å². The first-order valence-corrected chi connectivity index (χ1v) is 12.5. The highest BCUT2D eigenvalue weighted by Crippen LogP contribution is 2.31. The average molecular weight is 474 g/mol. The van der Waals surface area contributed by atoms with E-state index >= 15 is 0 Å². The molecular formula is C27H31N5O3. The molecule has 0 aromatic carbocycles. The summed E-state index contributed by atoms with van der Waals surface area (Å²) in [6.45, 7) is 3.17. The molecule has 0 bridgehead atoms. The first-order chi connectivity index (χ1) is 17.1. The van der Waals surface area contributed by atoms with Crippen molar-refractivity contribution < 1.29 is 9.47 Å². The third-order valence-corrected chi connectivity index (χ3v) is 7.54. The van der Waals surface area contributed by atoms with Crippen LogP contribution in [0.15, 0.2) is 41.6 Å². The van der Waals surface area contributed by atoms with Crippen LogP contribution in [0.25, 0.3) is 39.0 Å². The Kier molecular flexibility index (Phi) is 5.78. The van der Waals surface area contributed by atoms with Crippen molar-refractivity contribution in [2.24, 2.45) is 0 Å². The Labute approximate surface area is 203 Å². The fraction of sp³-hybridized carbons (Fsp3) is 0.444. The zero-order valence-electron chi connectivity index (χ0n) is 20.3. The van der Waals surface area contributed by atoms with Gasteiger partial charge in [0.15, 0.2) is 5.65 Å². The number of ether oxygens (including phenoxy) is 2. The van der Waals surface area contributed by atoms with Crippen molar-refractivity contribution in [3.05, 3.63) is 52.8 Å². The molecule has 0 radical (unpaired) electrons. The van der Waals surface area contributed by atoms with Crippen LogP contribution in [0.3, 0.4) is 0 Å². The van der Waals surface area contributed by atoms with Crippen LogP contribution in [0.5, 0.6) is 0 Å². The Hall–Kier alpha value is -3.23. The second kappa shape index (κ2) is 9.09. The molecule has 6 rings (SSSR count). The number of methoxy groups -OCH3 is 1. The maximum Gasteiger partial charge on any atom is 0.334 e. The molecule has 8 nitrogen and oxygen atoms in total. The van der Waals surface area contributed by atoms with E-state index in [2.05, 4.69) is 29.0 Å². The zero-order chi connectivity index (χ0) is 23.9. The first kappa shape index (κ1) is 22.2. The number of nitrogens with zero attached hydrogens (tertiary/aromatic N) is 4. The molecule has 4 aromatic rings. The highest BCUT2D eigenvalue weighted by Gasteiger charge is 2.26. The smallest absolute Gasteiger partial charge is 0.334 e. The predicted octanol–water partition coefficient (Wildman–Crippen LogP) is 4.66. The number of aryl methyl sites for hydroxylation is 1. The van der Waals surface area contributed by atoms with E-state index in [9.17, 15) is 4.79 Å². The number of pyridine rings is 2. The van der Waals surface area contributed by atoms with Crippen LogP contribution in [0.1, 0.15) is 44.1 Å². The number of fused-ring (bicyclic) bond motifs is 2. The van der Waals surface area contributed by atoms with E-state index in [0.717, 1.165) is 71.0 Å². The zero-order valence-corrected chi connectivity index (χ0v) is 20.3. The van der Waals surface area contributed by atoms with Crippen LogP contribution >= 0.6 is 0 Å². The fourth-order valence-electron chi connectivity index (χ4n) is 5.49. The largest absolute Gasteiger partial charge is 0.379 e. The van der Waals surface area contributed by atoms with Crippen molar-refractivity contribution in [3.63, 3.8) is 0 Å². The summed E-state index contributed by atoms with van der Waals surface area (Å²) in [7, 11) is 1.72. The molecular weight excluding hydrogens is 442 g/mol. The minimum Gasteiger partial charge on any atom is -0.379 e. The summed E-state index contributed by atoms with van der Waals surface area (Å²) >= 11 is 0. The van der Waals surface area contributed by atoms with Crippen molar-refractivity contribution >= 4 is 27.9 Å². The standard InChI is InChI=1S/C27H31N5O3/c1-17-22-10-11-28-25(22)29-14-23(17)18-12-24-26(30-13-18)32(19-6-4-3-5-7-19)27(33)31(24)15-20-8-9-21(34-2)16-35-20/h6,10-14,20-21H,3-5,7-9,15-16H2,1-2H3,(H,28,29). The van der Waals surface area contributed by atoms with Gasteiger partial charge >= 0.3 is 5.69 Å². The average Bonchev–Trinajstić information content (AvgIpc) is 3.48. The van der Waals surface area contributed by atoms with Crippen molar-refractivity contribution in [3.8, 4) is 11.1 Å². The quantitative estimate of drug-likeness (QED) is 0.456. The summed E-state index contributed by atoms with van der Waals surface area (Å²) in [6.07, 6.45) is 13.9. The summed E-state index contributed by atoms with van der Waals surface area (Å²) in [6, 6.07) is 4.13. The number of allylic oxidation sites excluding steroid dienone is 2. The third kappa shape index (κ3) is 3.90. The Morgan fingerprint density at radius 1 is 1.23 bits per heavy atom. The van der Waals surface area contributed by atoms with E-state index in [0.29, 0.717) is 18.8 Å². The number of hydrogen-bond acceptors (Lipinski definition) is 5. The van der Waals surface area contributed by atoms with E-state index in [4.69, 9.17) is 14.5 Å². The normalized spacial score (nSPS) is 21.0. The highest BCUT2D eigenvalue weighted by atomic mass is 16.5. The lowest BCUT2D eigenvalue weighted by atomic mass is 10.0. The van der Waals surface area contributed by atoms with Crippen molar-refractivity contribution in [2.45, 2.75) is 64.2 Å². The van der Waals surface area contributed by atoms with E-state index in [-0.39, 0.29) is 17.9 Å². The lowest BCUT2D eigenvalue weighted by molar-refractivity contribution is -0.0757. The van der Waals surface area contributed by atoms with Gasteiger partial charge in [0, 0.05) is 47.9 Å². The van der Waals surface area contributed by atoms with Gasteiger partial charge in [0.1, 0.15) is 5.65 Å². The molecule has 1 saturated heterocycles. The van der Waals surface area contributed by atoms with Gasteiger partial charge in [-0.05, 0) is 63.1 Å². The number of rotatable bonds is 5. The second-order valence-corrected chi connectivity index (χ2v) is 9.66. The number of imidazole rings is 1. The summed E-state index contributed by atoms with van der Waals surface area (Å²) in [4.78, 5) is 26.4. The van der Waals surface area contributed by atoms with E-state index in [1.807, 2.05) is 33.8 Å². The summed E-state index contributed by atoms with van der Waals surface area (Å²) in [5.74, 6) is 0. The molecule has 1 N–H and O–H groups in total. The summed E-state index contributed by atoms with van der Waals surface area (Å²) in [5, 5.41) is 1.09. The van der Waals surface area contributed by atoms with E-state index < -0.39 is 0 Å². The van der Waals surface area contributed by atoms with E-state index in [1.54, 1.807) is 7.11 Å². The number of H-pyrrole nitrogens is 1. The maximum absolute atomic E-state index is 13.8. The molecule has 2 aliphatic rings. The van der Waals surface area contributed by atoms with Gasteiger partial charge < -0.3 is 14.5 Å². The van der Waals surface area contributed by atoms with Gasteiger partial charge in [0.05, 0.1) is 30.9 Å². The van der Waals surface area contributed by atoms with Gasteiger partial charge in [-0.1, -0.05) is 6.08 Å². The van der Waals surface area contributed by atoms with Crippen LogP contribution in [0, 0.1) is 6.92 Å². The molecule has 2 atom stereocenters. The van der Waals surface area contributed by atoms with Gasteiger partial charge in [0.25, 0.3) is 0 Å². The van der Waals surface area contributed by atoms with Crippen molar-refractivity contribution in [1.82, 2.24) is 24.1 Å². The molecule has 0 spiro atoms. The Morgan fingerprint density at radius 2 is 2.14 bits per heavy atom. The molecule has 4 aromatic heterocycles. The van der Waals surface area contributed by atoms with Gasteiger partial charge in [-0.25, -0.2) is 19.3 Å². The Morgan fingerprint density at radius 3 is 2.91 bits per heavy atom. The Balaban J connectivity index is 1.47. The number of aromatic nitrogens is 5. The van der Waals surface area contributed by atoms with Gasteiger partial charge in [-0.3, -0.25) is 4.57 Å². The fourth-order valence-corrected chi connectivity index (χ4v) is 5.49. The van der Waals surface area contributed by atoms with Crippen molar-refractivity contribution in [2.75, 3.05) is 13.7 Å². The van der Waals surface area contributed by atoms with Crippen LogP contribution in [0.4, 0.5) is 0 Å². The molecule has 1 fully saturated rings. The maximum atomic E-state index is 13.8. The molecule has 8 heteroatoms. The number of aromatic amines is 1. The van der Waals surface area contributed by atoms with Crippen LogP contribution in [0.2, 0.25) is 0 Å². The van der Waals surface area contributed by atoms with Gasteiger partial charge in [0.2, 0.25) is 0 Å². The number of nitrogens with one attached hydrogen (secondary N) is 1. The predicted molar refractivity (Wildman–Crippen MR) is 136 cm³/mol. The first-order valence-electron chi connectivity index (χ1n) is 12.5. The van der Waals surface area contributed by atoms with Crippen LogP contribution in [-0.2, 0) is 16.0 Å². The van der Waals surface area contributed by atoms with E-state index in [1.165, 1.54) is 6.42 Å². The lowest BCUT2D eigenvalue weighted by Gasteiger charge is -2.28. The Bertz CT molecular complexity index is 1470. The molecule has 35 heavy (non-hydrogen) atoms. The SMILES string of the molecule is COC1CCC(Cn2c(=O)n(C3=CCCCC3)c3ncc(-c4cnc5[nH]ccc5c4C)cc32)OC1. The highest BCUT2D eigenvalue weighted by molar-refractivity contribution is 5.88. The molecule has 182 valence electrons. The molecule has 0 saturated carbocycles. The molecule has 1 aliphatic carbocycles. The topological polar surface area (TPSA) is 87.0 Å². The second-order valence-electron chi connectivity index (χ2n) is 9.66. The summed E-state index contributed by atoms with van der Waals surface area (Å²) in [5.41, 5.74) is 6.56. The monoisotopic (exact) mass is 473 g/mol. The minimum absolute atomic E-state index is 0.0262. The van der Waals surface area contributed by atoms with Crippen molar-refractivity contribution in [1.29, 1.82) is 0 Å². The van der Waals surface area contributed by atoms with Gasteiger partial charge in [-0.2, -0.15) is 0 Å².